The van der Waals surface area contributed by atoms with E-state index in [-0.39, 0.29) is 18.3 Å². The molecule has 0 radical (unpaired) electrons. The largest absolute Gasteiger partial charge is 0.490 e. The highest BCUT2D eigenvalue weighted by molar-refractivity contribution is 6.04. The van der Waals surface area contributed by atoms with Gasteiger partial charge >= 0.3 is 0 Å². The number of hydrogen-bond acceptors (Lipinski definition) is 3. The van der Waals surface area contributed by atoms with Gasteiger partial charge in [-0.2, -0.15) is 0 Å². The van der Waals surface area contributed by atoms with Gasteiger partial charge in [-0.25, -0.2) is 0 Å². The lowest BCUT2D eigenvalue weighted by molar-refractivity contribution is 0.102. The van der Waals surface area contributed by atoms with Gasteiger partial charge in [0.05, 0.1) is 6.10 Å². The zero-order valence-electron chi connectivity index (χ0n) is 12.8. The van der Waals surface area contributed by atoms with Crippen LogP contribution < -0.4 is 15.8 Å². The van der Waals surface area contributed by atoms with Crippen molar-refractivity contribution in [2.75, 3.05) is 11.1 Å². The summed E-state index contributed by atoms with van der Waals surface area (Å²) in [4.78, 5) is 12.1. The van der Waals surface area contributed by atoms with Crippen LogP contribution in [0.2, 0.25) is 0 Å². The summed E-state index contributed by atoms with van der Waals surface area (Å²) in [7, 11) is 0. The van der Waals surface area contributed by atoms with Crippen molar-refractivity contribution < 1.29 is 9.53 Å². The topological polar surface area (TPSA) is 64.4 Å². The molecule has 0 heterocycles. The van der Waals surface area contributed by atoms with Crippen molar-refractivity contribution in [1.29, 1.82) is 0 Å². The van der Waals surface area contributed by atoms with Crippen LogP contribution in [-0.4, -0.2) is 12.0 Å². The van der Waals surface area contributed by atoms with Crippen molar-refractivity contribution >= 4 is 29.7 Å². The summed E-state index contributed by atoms with van der Waals surface area (Å²) in [5.41, 5.74) is 7.56. The Hall–Kier alpha value is -2.20. The van der Waals surface area contributed by atoms with Crippen molar-refractivity contribution in [2.24, 2.45) is 0 Å². The molecule has 3 N–H and O–H groups in total. The Morgan fingerprint density at radius 3 is 2.43 bits per heavy atom. The molecular formula is C18H21ClN2O2. The van der Waals surface area contributed by atoms with Crippen molar-refractivity contribution in [1.82, 2.24) is 0 Å². The first kappa shape index (κ1) is 17.2. The Kier molecular flexibility index (Phi) is 5.88. The molecule has 1 fully saturated rings. The summed E-state index contributed by atoms with van der Waals surface area (Å²) in [6.45, 7) is 0. The SMILES string of the molecule is Cl.Nc1cccc(C(=O)Nc2ccc(OC3CCCC3)cc2)c1. The van der Waals surface area contributed by atoms with E-state index in [4.69, 9.17) is 10.5 Å². The fraction of sp³-hybridized carbons (Fsp3) is 0.278. The number of anilines is 2. The number of nitrogens with one attached hydrogen (secondary N) is 1. The van der Waals surface area contributed by atoms with Crippen LogP contribution in [0.3, 0.4) is 0 Å². The second-order valence-corrected chi connectivity index (χ2v) is 5.63. The first-order chi connectivity index (χ1) is 10.7. The number of benzene rings is 2. The molecule has 23 heavy (non-hydrogen) atoms. The van der Waals surface area contributed by atoms with E-state index in [2.05, 4.69) is 5.32 Å². The molecular weight excluding hydrogens is 312 g/mol. The summed E-state index contributed by atoms with van der Waals surface area (Å²) in [6.07, 6.45) is 5.10. The van der Waals surface area contributed by atoms with Gasteiger partial charge in [-0.3, -0.25) is 4.79 Å². The summed E-state index contributed by atoms with van der Waals surface area (Å²) >= 11 is 0. The third-order valence-corrected chi connectivity index (χ3v) is 3.87. The van der Waals surface area contributed by atoms with Gasteiger partial charge in [0.1, 0.15) is 5.75 Å². The van der Waals surface area contributed by atoms with Gasteiger partial charge in [0.15, 0.2) is 0 Å². The molecule has 1 saturated carbocycles. The van der Waals surface area contributed by atoms with Crippen LogP contribution in [0, 0.1) is 0 Å². The van der Waals surface area contributed by atoms with Crippen molar-refractivity contribution in [3.8, 4) is 5.75 Å². The first-order valence-electron chi connectivity index (χ1n) is 7.64. The average molecular weight is 333 g/mol. The van der Waals surface area contributed by atoms with E-state index < -0.39 is 0 Å². The Morgan fingerprint density at radius 1 is 1.09 bits per heavy atom. The second kappa shape index (κ2) is 7.88. The Bertz CT molecular complexity index is 652. The zero-order valence-corrected chi connectivity index (χ0v) is 13.6. The minimum absolute atomic E-state index is 0. The molecule has 2 aromatic rings. The van der Waals surface area contributed by atoms with Crippen LogP contribution >= 0.6 is 12.4 Å². The predicted octanol–water partition coefficient (Wildman–Crippen LogP) is 4.26. The number of hydrogen-bond donors (Lipinski definition) is 2. The number of nitrogens with two attached hydrogens (primary N) is 1. The van der Waals surface area contributed by atoms with Crippen LogP contribution in [-0.2, 0) is 0 Å². The van der Waals surface area contributed by atoms with Gasteiger partial charge in [-0.15, -0.1) is 12.4 Å². The van der Waals surface area contributed by atoms with E-state index in [0.29, 0.717) is 17.4 Å². The van der Waals surface area contributed by atoms with Gasteiger partial charge in [-0.1, -0.05) is 6.07 Å². The minimum Gasteiger partial charge on any atom is -0.490 e. The lowest BCUT2D eigenvalue weighted by Gasteiger charge is -2.13. The lowest BCUT2D eigenvalue weighted by Crippen LogP contribution is -2.13. The number of rotatable bonds is 4. The lowest BCUT2D eigenvalue weighted by atomic mass is 10.2. The highest BCUT2D eigenvalue weighted by atomic mass is 35.5. The minimum atomic E-state index is -0.170. The van der Waals surface area contributed by atoms with Crippen LogP contribution in [0.5, 0.6) is 5.75 Å². The highest BCUT2D eigenvalue weighted by Gasteiger charge is 2.16. The molecule has 1 aliphatic rings. The third kappa shape index (κ3) is 4.63. The van der Waals surface area contributed by atoms with Gasteiger partial charge in [0, 0.05) is 16.9 Å². The van der Waals surface area contributed by atoms with E-state index in [9.17, 15) is 4.79 Å². The number of amides is 1. The van der Waals surface area contributed by atoms with Gasteiger partial charge in [0.2, 0.25) is 0 Å². The summed E-state index contributed by atoms with van der Waals surface area (Å²) < 4.78 is 5.91. The number of nitrogen functional groups attached to an aromatic ring is 1. The first-order valence-corrected chi connectivity index (χ1v) is 7.64. The van der Waals surface area contributed by atoms with E-state index in [1.54, 1.807) is 24.3 Å². The van der Waals surface area contributed by atoms with E-state index in [1.165, 1.54) is 12.8 Å². The third-order valence-electron chi connectivity index (χ3n) is 3.87. The van der Waals surface area contributed by atoms with E-state index in [0.717, 1.165) is 24.3 Å². The van der Waals surface area contributed by atoms with Crippen LogP contribution in [0.1, 0.15) is 36.0 Å². The normalized spacial score (nSPS) is 14.1. The van der Waals surface area contributed by atoms with Crippen molar-refractivity contribution in [3.05, 3.63) is 54.1 Å². The standard InChI is InChI=1S/C18H20N2O2.ClH/c19-14-5-3-4-13(12-14)18(21)20-15-8-10-17(11-9-15)22-16-6-1-2-7-16;/h3-5,8-12,16H,1-2,6-7,19H2,(H,20,21);1H. The molecule has 1 aliphatic carbocycles. The summed E-state index contributed by atoms with van der Waals surface area (Å²) in [5, 5.41) is 2.86. The zero-order chi connectivity index (χ0) is 15.4. The average Bonchev–Trinajstić information content (AvgIpc) is 3.02. The smallest absolute Gasteiger partial charge is 0.255 e. The maximum atomic E-state index is 12.1. The molecule has 2 aromatic carbocycles. The van der Waals surface area contributed by atoms with Gasteiger partial charge in [-0.05, 0) is 68.1 Å². The summed E-state index contributed by atoms with van der Waals surface area (Å²) in [5.74, 6) is 0.686. The van der Waals surface area contributed by atoms with Crippen LogP contribution in [0.15, 0.2) is 48.5 Å². The number of carbonyl (C=O) groups excluding carboxylic acids is 1. The molecule has 122 valence electrons. The monoisotopic (exact) mass is 332 g/mol. The second-order valence-electron chi connectivity index (χ2n) is 5.63. The van der Waals surface area contributed by atoms with Gasteiger partial charge < -0.3 is 15.8 Å². The number of carbonyl (C=O) groups is 1. The molecule has 0 bridgehead atoms. The Morgan fingerprint density at radius 2 is 1.78 bits per heavy atom. The summed E-state index contributed by atoms with van der Waals surface area (Å²) in [6, 6.07) is 14.4. The molecule has 5 heteroatoms. The fourth-order valence-corrected chi connectivity index (χ4v) is 2.70. The van der Waals surface area contributed by atoms with Crippen LogP contribution in [0.25, 0.3) is 0 Å². The quantitative estimate of drug-likeness (QED) is 0.822. The molecule has 0 atom stereocenters. The van der Waals surface area contributed by atoms with E-state index in [1.807, 2.05) is 24.3 Å². The maximum Gasteiger partial charge on any atom is 0.255 e. The van der Waals surface area contributed by atoms with Crippen LogP contribution in [0.4, 0.5) is 11.4 Å². The molecule has 0 spiro atoms. The maximum absolute atomic E-state index is 12.1. The Labute approximate surface area is 142 Å². The Balaban J connectivity index is 0.00000192. The molecule has 0 aromatic heterocycles. The molecule has 1 amide bonds. The van der Waals surface area contributed by atoms with E-state index >= 15 is 0 Å². The fourth-order valence-electron chi connectivity index (χ4n) is 2.70. The molecule has 0 aliphatic heterocycles. The van der Waals surface area contributed by atoms with Crippen molar-refractivity contribution in [2.45, 2.75) is 31.8 Å². The molecule has 3 rings (SSSR count). The highest BCUT2D eigenvalue weighted by Crippen LogP contribution is 2.25. The van der Waals surface area contributed by atoms with Crippen molar-refractivity contribution in [3.63, 3.8) is 0 Å². The molecule has 4 nitrogen and oxygen atoms in total. The molecule has 0 saturated heterocycles. The number of halogens is 1. The predicted molar refractivity (Wildman–Crippen MR) is 95.4 cm³/mol. The molecule has 0 unspecified atom stereocenters. The number of ether oxygens (including phenoxy) is 1. The van der Waals surface area contributed by atoms with Gasteiger partial charge in [0.25, 0.3) is 5.91 Å².